The maximum atomic E-state index is 5.36. The van der Waals surface area contributed by atoms with E-state index in [9.17, 15) is 0 Å². The first-order valence-electron chi connectivity index (χ1n) is 6.31. The quantitative estimate of drug-likeness (QED) is 0.871. The zero-order valence-electron chi connectivity index (χ0n) is 11.2. The van der Waals surface area contributed by atoms with Crippen LogP contribution in [0.2, 0.25) is 0 Å². The minimum Gasteiger partial charge on any atom is -0.469 e. The molecule has 0 spiro atoms. The van der Waals surface area contributed by atoms with Crippen LogP contribution >= 0.6 is 11.3 Å². The predicted octanol–water partition coefficient (Wildman–Crippen LogP) is 3.12. The molecule has 0 aliphatic carbocycles. The first-order valence-corrected chi connectivity index (χ1v) is 7.13. The van der Waals surface area contributed by atoms with E-state index in [4.69, 9.17) is 4.42 Å². The van der Waals surface area contributed by atoms with E-state index in [1.807, 2.05) is 19.2 Å². The molecule has 2 aromatic rings. The predicted molar refractivity (Wildman–Crippen MR) is 75.2 cm³/mol. The highest BCUT2D eigenvalue weighted by atomic mass is 32.1. The maximum absolute atomic E-state index is 5.36. The summed E-state index contributed by atoms with van der Waals surface area (Å²) < 4.78 is 5.36. The second kappa shape index (κ2) is 6.16. The summed E-state index contributed by atoms with van der Waals surface area (Å²) in [6, 6.07) is 4.43. The molecular weight excluding hydrogens is 244 g/mol. The molecule has 2 heterocycles. The second-order valence-corrected chi connectivity index (χ2v) is 5.84. The van der Waals surface area contributed by atoms with Crippen LogP contribution in [0.4, 0.5) is 0 Å². The summed E-state index contributed by atoms with van der Waals surface area (Å²) in [5, 5.41) is 4.59. The molecule has 4 heteroatoms. The van der Waals surface area contributed by atoms with E-state index in [2.05, 4.69) is 24.1 Å². The van der Waals surface area contributed by atoms with Gasteiger partial charge in [-0.25, -0.2) is 4.98 Å². The Morgan fingerprint density at radius 2 is 2.28 bits per heavy atom. The number of aryl methyl sites for hydroxylation is 3. The van der Waals surface area contributed by atoms with Crippen molar-refractivity contribution in [3.05, 3.63) is 39.7 Å². The lowest BCUT2D eigenvalue weighted by Crippen LogP contribution is -2.28. The monoisotopic (exact) mass is 264 g/mol. The number of furan rings is 1. The van der Waals surface area contributed by atoms with Crippen LogP contribution in [-0.2, 0) is 12.8 Å². The van der Waals surface area contributed by atoms with Crippen LogP contribution in [0.25, 0.3) is 0 Å². The lowest BCUT2D eigenvalue weighted by molar-refractivity contribution is 0.460. The second-order valence-electron chi connectivity index (χ2n) is 4.56. The third-order valence-corrected chi connectivity index (χ3v) is 4.32. The molecule has 3 nitrogen and oxygen atoms in total. The van der Waals surface area contributed by atoms with Gasteiger partial charge in [0, 0.05) is 23.8 Å². The van der Waals surface area contributed by atoms with Gasteiger partial charge in [-0.1, -0.05) is 0 Å². The van der Waals surface area contributed by atoms with Gasteiger partial charge < -0.3 is 9.73 Å². The van der Waals surface area contributed by atoms with E-state index in [1.54, 1.807) is 17.6 Å². The van der Waals surface area contributed by atoms with Crippen LogP contribution in [-0.4, -0.2) is 18.1 Å². The number of aromatic nitrogens is 1. The van der Waals surface area contributed by atoms with Crippen LogP contribution in [0.1, 0.15) is 27.8 Å². The van der Waals surface area contributed by atoms with Crippen molar-refractivity contribution in [2.75, 3.05) is 7.05 Å². The fraction of sp³-hybridized carbons (Fsp3) is 0.500. The lowest BCUT2D eigenvalue weighted by Gasteiger charge is -2.13. The molecule has 0 amide bonds. The van der Waals surface area contributed by atoms with Crippen molar-refractivity contribution < 1.29 is 4.42 Å². The van der Waals surface area contributed by atoms with Gasteiger partial charge in [-0.05, 0) is 39.4 Å². The number of nitrogens with one attached hydrogen (secondary N) is 1. The summed E-state index contributed by atoms with van der Waals surface area (Å²) in [5.41, 5.74) is 1.16. The molecule has 1 atom stereocenters. The van der Waals surface area contributed by atoms with Crippen LogP contribution in [0.15, 0.2) is 22.8 Å². The Hall–Kier alpha value is -1.13. The molecule has 98 valence electrons. The number of hydrogen-bond donors (Lipinski definition) is 1. The Morgan fingerprint density at radius 1 is 1.44 bits per heavy atom. The molecule has 0 bridgehead atoms. The van der Waals surface area contributed by atoms with Gasteiger partial charge in [-0.3, -0.25) is 0 Å². The standard InChI is InChI=1S/C14H20N2OS/c1-10-11(2)18-14(16-10)9-12(15-3)6-7-13-5-4-8-17-13/h4-5,8,12,15H,6-7,9H2,1-3H3. The van der Waals surface area contributed by atoms with Crippen molar-refractivity contribution >= 4 is 11.3 Å². The highest BCUT2D eigenvalue weighted by Crippen LogP contribution is 2.19. The van der Waals surface area contributed by atoms with Crippen LogP contribution in [0, 0.1) is 13.8 Å². The first kappa shape index (κ1) is 13.3. The van der Waals surface area contributed by atoms with Crippen LogP contribution in [0.3, 0.4) is 0 Å². The van der Waals surface area contributed by atoms with Gasteiger partial charge in [0.15, 0.2) is 0 Å². The molecule has 1 N–H and O–H groups in total. The molecule has 0 saturated carbocycles. The number of rotatable bonds is 6. The zero-order valence-corrected chi connectivity index (χ0v) is 12.0. The molecule has 2 rings (SSSR count). The van der Waals surface area contributed by atoms with Crippen LogP contribution < -0.4 is 5.32 Å². The summed E-state index contributed by atoms with van der Waals surface area (Å²) in [7, 11) is 2.01. The molecular formula is C14H20N2OS. The smallest absolute Gasteiger partial charge is 0.103 e. The molecule has 1 unspecified atom stereocenters. The summed E-state index contributed by atoms with van der Waals surface area (Å²) in [6.07, 6.45) is 4.78. The van der Waals surface area contributed by atoms with Crippen molar-refractivity contribution in [1.82, 2.24) is 10.3 Å². The summed E-state index contributed by atoms with van der Waals surface area (Å²) in [5.74, 6) is 1.06. The van der Waals surface area contributed by atoms with Crippen LogP contribution in [0.5, 0.6) is 0 Å². The molecule has 0 saturated heterocycles. The number of nitrogens with zero attached hydrogens (tertiary/aromatic N) is 1. The van der Waals surface area contributed by atoms with E-state index in [-0.39, 0.29) is 0 Å². The van der Waals surface area contributed by atoms with E-state index < -0.39 is 0 Å². The average Bonchev–Trinajstić information content (AvgIpc) is 2.96. The van der Waals surface area contributed by atoms with Gasteiger partial charge in [0.05, 0.1) is 17.0 Å². The number of hydrogen-bond acceptors (Lipinski definition) is 4. The third kappa shape index (κ3) is 3.43. The summed E-state index contributed by atoms with van der Waals surface area (Å²) in [4.78, 5) is 5.92. The average molecular weight is 264 g/mol. The lowest BCUT2D eigenvalue weighted by atomic mass is 10.1. The van der Waals surface area contributed by atoms with Crippen molar-refractivity contribution in [2.24, 2.45) is 0 Å². The minimum atomic E-state index is 0.458. The largest absolute Gasteiger partial charge is 0.469 e. The molecule has 0 aromatic carbocycles. The minimum absolute atomic E-state index is 0.458. The fourth-order valence-electron chi connectivity index (χ4n) is 1.96. The van der Waals surface area contributed by atoms with Crippen molar-refractivity contribution in [3.8, 4) is 0 Å². The van der Waals surface area contributed by atoms with Gasteiger partial charge in [-0.2, -0.15) is 0 Å². The van der Waals surface area contributed by atoms with Crippen molar-refractivity contribution in [2.45, 2.75) is 39.2 Å². The molecule has 0 radical (unpaired) electrons. The summed E-state index contributed by atoms with van der Waals surface area (Å²) in [6.45, 7) is 4.21. The van der Waals surface area contributed by atoms with Gasteiger partial charge >= 0.3 is 0 Å². The Bertz CT molecular complexity index is 456. The van der Waals surface area contributed by atoms with E-state index >= 15 is 0 Å². The first-order chi connectivity index (χ1) is 8.69. The Labute approximate surface area is 112 Å². The number of likely N-dealkylation sites (N-methyl/N-ethyl adjacent to an activating group) is 1. The van der Waals surface area contributed by atoms with Gasteiger partial charge in [0.1, 0.15) is 5.76 Å². The number of thiazole rings is 1. The Balaban J connectivity index is 1.89. The fourth-order valence-corrected chi connectivity index (χ4v) is 2.97. The van der Waals surface area contributed by atoms with Crippen molar-refractivity contribution in [1.29, 1.82) is 0 Å². The van der Waals surface area contributed by atoms with E-state index in [0.717, 1.165) is 30.7 Å². The topological polar surface area (TPSA) is 38.1 Å². The zero-order chi connectivity index (χ0) is 13.0. The summed E-state index contributed by atoms with van der Waals surface area (Å²) >= 11 is 1.81. The molecule has 18 heavy (non-hydrogen) atoms. The molecule has 0 aliphatic heterocycles. The highest BCUT2D eigenvalue weighted by Gasteiger charge is 2.12. The molecule has 0 aliphatic rings. The third-order valence-electron chi connectivity index (χ3n) is 3.22. The molecule has 2 aromatic heterocycles. The van der Waals surface area contributed by atoms with Gasteiger partial charge in [0.2, 0.25) is 0 Å². The normalized spacial score (nSPS) is 12.8. The SMILES string of the molecule is CNC(CCc1ccco1)Cc1nc(C)c(C)s1. The Kier molecular flexibility index (Phi) is 4.55. The van der Waals surface area contributed by atoms with E-state index in [1.165, 1.54) is 9.88 Å². The van der Waals surface area contributed by atoms with Gasteiger partial charge in [0.25, 0.3) is 0 Å². The maximum Gasteiger partial charge on any atom is 0.103 e. The van der Waals surface area contributed by atoms with E-state index in [0.29, 0.717) is 6.04 Å². The van der Waals surface area contributed by atoms with Gasteiger partial charge in [-0.15, -0.1) is 11.3 Å². The van der Waals surface area contributed by atoms with Crippen molar-refractivity contribution in [3.63, 3.8) is 0 Å². The Morgan fingerprint density at radius 3 is 2.83 bits per heavy atom. The highest BCUT2D eigenvalue weighted by molar-refractivity contribution is 7.11. The molecule has 0 fully saturated rings.